The molecule has 0 aromatic carbocycles. The van der Waals surface area contributed by atoms with Crippen LogP contribution in [0.1, 0.15) is 33.6 Å². The third kappa shape index (κ3) is 2.52. The molecule has 2 heterocycles. The highest BCUT2D eigenvalue weighted by molar-refractivity contribution is 5.95. The van der Waals surface area contributed by atoms with Crippen LogP contribution in [0.3, 0.4) is 0 Å². The van der Waals surface area contributed by atoms with Gasteiger partial charge in [0, 0.05) is 25.3 Å². The predicted octanol–water partition coefficient (Wildman–Crippen LogP) is 0.754. The zero-order chi connectivity index (χ0) is 14.0. The van der Waals surface area contributed by atoms with Gasteiger partial charge in [-0.25, -0.2) is 0 Å². The molecule has 1 unspecified atom stereocenters. The van der Waals surface area contributed by atoms with Crippen molar-refractivity contribution in [3.05, 3.63) is 11.1 Å². The van der Waals surface area contributed by atoms with Crippen LogP contribution in [-0.4, -0.2) is 37.6 Å². The molecule has 2 amide bonds. The van der Waals surface area contributed by atoms with E-state index in [1.807, 2.05) is 20.8 Å². The second-order valence-electron chi connectivity index (χ2n) is 5.63. The van der Waals surface area contributed by atoms with Crippen LogP contribution in [0.5, 0.6) is 0 Å². The summed E-state index contributed by atoms with van der Waals surface area (Å²) in [6.45, 7) is 7.32. The molecule has 2 aliphatic heterocycles. The first-order chi connectivity index (χ1) is 8.97. The van der Waals surface area contributed by atoms with Crippen molar-refractivity contribution in [3.63, 3.8) is 0 Å². The van der Waals surface area contributed by atoms with Gasteiger partial charge in [-0.05, 0) is 33.6 Å². The summed E-state index contributed by atoms with van der Waals surface area (Å²) in [5.41, 5.74) is 1.24. The highest BCUT2D eigenvalue weighted by Crippen LogP contribution is 2.37. The van der Waals surface area contributed by atoms with Gasteiger partial charge in [0.25, 0.3) is 0 Å². The van der Waals surface area contributed by atoms with Gasteiger partial charge in [0.05, 0.1) is 11.5 Å². The van der Waals surface area contributed by atoms with Gasteiger partial charge < -0.3 is 15.4 Å². The van der Waals surface area contributed by atoms with Crippen molar-refractivity contribution in [3.8, 4) is 0 Å². The Hall–Kier alpha value is -1.36. The van der Waals surface area contributed by atoms with E-state index in [1.165, 1.54) is 0 Å². The lowest BCUT2D eigenvalue weighted by atomic mass is 9.75. The molecule has 0 aromatic heterocycles. The normalized spacial score (nSPS) is 25.0. The molecule has 19 heavy (non-hydrogen) atoms. The summed E-state index contributed by atoms with van der Waals surface area (Å²) in [7, 11) is 0. The smallest absolute Gasteiger partial charge is 0.247 e. The van der Waals surface area contributed by atoms with Crippen molar-refractivity contribution < 1.29 is 14.3 Å². The lowest BCUT2D eigenvalue weighted by molar-refractivity contribution is -0.134. The van der Waals surface area contributed by atoms with Crippen LogP contribution in [0.25, 0.3) is 0 Å². The van der Waals surface area contributed by atoms with E-state index in [4.69, 9.17) is 4.74 Å². The Morgan fingerprint density at radius 1 is 1.32 bits per heavy atom. The van der Waals surface area contributed by atoms with Crippen LogP contribution < -0.4 is 10.6 Å². The summed E-state index contributed by atoms with van der Waals surface area (Å²) >= 11 is 0. The second kappa shape index (κ2) is 5.33. The number of carbonyl (C=O) groups excluding carboxylic acids is 2. The number of amides is 2. The standard InChI is InChI=1S/C14H22N2O3/c1-9(2)10(3)12(17)16-11-8-15-13(18)14(11)4-6-19-7-5-14/h11H,4-8H2,1-3H3,(H,15,18)(H,16,17). The molecule has 0 bridgehead atoms. The first-order valence-electron chi connectivity index (χ1n) is 6.78. The van der Waals surface area contributed by atoms with Gasteiger partial charge in [0.2, 0.25) is 11.8 Å². The average molecular weight is 266 g/mol. The number of nitrogens with one attached hydrogen (secondary N) is 2. The number of ether oxygens (including phenoxy) is 1. The van der Waals surface area contributed by atoms with Gasteiger partial charge in [-0.3, -0.25) is 9.59 Å². The van der Waals surface area contributed by atoms with Crippen LogP contribution in [0.2, 0.25) is 0 Å². The fraction of sp³-hybridized carbons (Fsp3) is 0.714. The summed E-state index contributed by atoms with van der Waals surface area (Å²) in [6, 6.07) is -0.134. The largest absolute Gasteiger partial charge is 0.381 e. The van der Waals surface area contributed by atoms with E-state index in [0.717, 1.165) is 11.1 Å². The van der Waals surface area contributed by atoms with Crippen LogP contribution in [0, 0.1) is 5.41 Å². The topological polar surface area (TPSA) is 67.4 Å². The molecular formula is C14H22N2O3. The SMILES string of the molecule is CC(C)=C(C)C(=O)NC1CNC(=O)C12CCOCC2. The van der Waals surface area contributed by atoms with E-state index in [2.05, 4.69) is 10.6 Å². The maximum absolute atomic E-state index is 12.1. The molecule has 0 saturated carbocycles. The first-order valence-corrected chi connectivity index (χ1v) is 6.78. The highest BCUT2D eigenvalue weighted by Gasteiger charge is 2.51. The zero-order valence-electron chi connectivity index (χ0n) is 11.8. The van der Waals surface area contributed by atoms with Gasteiger partial charge in [0.1, 0.15) is 0 Å². The summed E-state index contributed by atoms with van der Waals surface area (Å²) in [4.78, 5) is 24.3. The van der Waals surface area contributed by atoms with Crippen molar-refractivity contribution >= 4 is 11.8 Å². The number of rotatable bonds is 2. The van der Waals surface area contributed by atoms with E-state index in [1.54, 1.807) is 0 Å². The summed E-state index contributed by atoms with van der Waals surface area (Å²) in [5, 5.41) is 5.89. The Labute approximate surface area is 113 Å². The molecule has 0 aromatic rings. The van der Waals surface area contributed by atoms with E-state index < -0.39 is 5.41 Å². The van der Waals surface area contributed by atoms with Crippen LogP contribution in [-0.2, 0) is 14.3 Å². The fourth-order valence-corrected chi connectivity index (χ4v) is 2.72. The van der Waals surface area contributed by atoms with Gasteiger partial charge in [-0.2, -0.15) is 0 Å². The minimum Gasteiger partial charge on any atom is -0.381 e. The third-order valence-corrected chi connectivity index (χ3v) is 4.37. The number of allylic oxidation sites excluding steroid dienone is 1. The Balaban J connectivity index is 2.13. The van der Waals surface area contributed by atoms with Crippen molar-refractivity contribution in [2.24, 2.45) is 5.41 Å². The molecule has 106 valence electrons. The van der Waals surface area contributed by atoms with E-state index in [0.29, 0.717) is 32.6 Å². The molecule has 5 heteroatoms. The van der Waals surface area contributed by atoms with E-state index in [-0.39, 0.29) is 17.9 Å². The molecule has 5 nitrogen and oxygen atoms in total. The van der Waals surface area contributed by atoms with Gasteiger partial charge in [-0.1, -0.05) is 5.57 Å². The van der Waals surface area contributed by atoms with Gasteiger partial charge >= 0.3 is 0 Å². The Kier molecular flexibility index (Phi) is 3.94. The quantitative estimate of drug-likeness (QED) is 0.725. The van der Waals surface area contributed by atoms with Crippen molar-refractivity contribution in [2.45, 2.75) is 39.7 Å². The highest BCUT2D eigenvalue weighted by atomic mass is 16.5. The van der Waals surface area contributed by atoms with Crippen LogP contribution in [0.4, 0.5) is 0 Å². The first kappa shape index (κ1) is 14.1. The molecule has 0 aliphatic carbocycles. The van der Waals surface area contributed by atoms with Crippen molar-refractivity contribution in [2.75, 3.05) is 19.8 Å². The molecule has 1 atom stereocenters. The second-order valence-corrected chi connectivity index (χ2v) is 5.63. The third-order valence-electron chi connectivity index (χ3n) is 4.37. The van der Waals surface area contributed by atoms with Crippen LogP contribution >= 0.6 is 0 Å². The molecule has 2 fully saturated rings. The monoisotopic (exact) mass is 266 g/mol. The number of hydrogen-bond donors (Lipinski definition) is 2. The lowest BCUT2D eigenvalue weighted by Crippen LogP contribution is -2.51. The minimum absolute atomic E-state index is 0.0518. The number of hydrogen-bond acceptors (Lipinski definition) is 3. The zero-order valence-corrected chi connectivity index (χ0v) is 11.8. The molecular weight excluding hydrogens is 244 g/mol. The molecule has 0 radical (unpaired) electrons. The van der Waals surface area contributed by atoms with Crippen LogP contribution in [0.15, 0.2) is 11.1 Å². The maximum atomic E-state index is 12.1. The summed E-state index contributed by atoms with van der Waals surface area (Å²) < 4.78 is 5.34. The molecule has 2 aliphatic rings. The predicted molar refractivity (Wildman–Crippen MR) is 71.5 cm³/mol. The van der Waals surface area contributed by atoms with Gasteiger partial charge in [0.15, 0.2) is 0 Å². The van der Waals surface area contributed by atoms with E-state index in [9.17, 15) is 9.59 Å². The Morgan fingerprint density at radius 3 is 2.53 bits per heavy atom. The molecule has 2 rings (SSSR count). The summed E-state index contributed by atoms with van der Waals surface area (Å²) in [6.07, 6.45) is 1.36. The van der Waals surface area contributed by atoms with Gasteiger partial charge in [-0.15, -0.1) is 0 Å². The van der Waals surface area contributed by atoms with E-state index >= 15 is 0 Å². The van der Waals surface area contributed by atoms with Crippen molar-refractivity contribution in [1.29, 1.82) is 0 Å². The van der Waals surface area contributed by atoms with Crippen molar-refractivity contribution in [1.82, 2.24) is 10.6 Å². The maximum Gasteiger partial charge on any atom is 0.247 e. The Morgan fingerprint density at radius 2 is 1.95 bits per heavy atom. The molecule has 2 N–H and O–H groups in total. The fourth-order valence-electron chi connectivity index (χ4n) is 2.72. The summed E-state index contributed by atoms with van der Waals surface area (Å²) in [5.74, 6) is -0.0247. The molecule has 2 saturated heterocycles. The minimum atomic E-state index is -0.476. The average Bonchev–Trinajstić information content (AvgIpc) is 2.68. The molecule has 1 spiro atoms. The number of carbonyl (C=O) groups is 2. The lowest BCUT2D eigenvalue weighted by Gasteiger charge is -2.36. The Bertz CT molecular complexity index is 418.